The lowest BCUT2D eigenvalue weighted by atomic mass is 9.94. The number of unbranched alkanes of at least 4 members (excludes halogenated alkanes) is 10. The van der Waals surface area contributed by atoms with Crippen molar-refractivity contribution in [1.82, 2.24) is 15.5 Å². The topological polar surface area (TPSA) is 185 Å². The van der Waals surface area contributed by atoms with Crippen LogP contribution in [0.15, 0.2) is 0 Å². The highest BCUT2D eigenvalue weighted by Gasteiger charge is 2.37. The minimum absolute atomic E-state index is 0.00641. The number of Topliss-reactive ketones (excluding diaryl/α,β-unsaturated/α-hetero) is 3. The van der Waals surface area contributed by atoms with Crippen LogP contribution in [0.25, 0.3) is 0 Å². The number of carbonyl (C=O) groups is 7. The Kier molecular flexibility index (Phi) is 27.6. The van der Waals surface area contributed by atoms with Crippen molar-refractivity contribution in [2.45, 2.75) is 228 Å². The Morgan fingerprint density at radius 2 is 1.18 bits per heavy atom. The van der Waals surface area contributed by atoms with Crippen molar-refractivity contribution in [1.29, 1.82) is 0 Å². The Morgan fingerprint density at radius 3 is 1.67 bits per heavy atom. The zero-order chi connectivity index (χ0) is 46.2. The molecule has 0 aromatic rings. The first-order valence-electron chi connectivity index (χ1n) is 22.8. The van der Waals surface area contributed by atoms with Gasteiger partial charge in [0.05, 0.1) is 35.9 Å². The van der Waals surface area contributed by atoms with Gasteiger partial charge in [0.15, 0.2) is 11.6 Å². The van der Waals surface area contributed by atoms with E-state index in [-0.39, 0.29) is 50.4 Å². The van der Waals surface area contributed by atoms with Gasteiger partial charge in [0.25, 0.3) is 0 Å². The van der Waals surface area contributed by atoms with E-state index in [2.05, 4.69) is 17.6 Å². The van der Waals surface area contributed by atoms with Gasteiger partial charge >= 0.3 is 5.97 Å². The summed E-state index contributed by atoms with van der Waals surface area (Å²) in [5.41, 5.74) is -1.21. The zero-order valence-electron chi connectivity index (χ0n) is 39.8. The summed E-state index contributed by atoms with van der Waals surface area (Å²) in [5, 5.41) is 14.8. The highest BCUT2D eigenvalue weighted by atomic mass is 16.5. The molecule has 3 N–H and O–H groups in total. The van der Waals surface area contributed by atoms with Gasteiger partial charge in [0.2, 0.25) is 17.7 Å². The molecule has 13 nitrogen and oxygen atoms in total. The number of hydrogen-bond donors (Lipinski definition) is 3. The number of hydrogen-bond acceptors (Lipinski definition) is 9. The maximum Gasteiger partial charge on any atom is 0.326 e. The molecule has 348 valence electrons. The number of nitrogens with one attached hydrogen (secondary N) is 2. The van der Waals surface area contributed by atoms with Crippen LogP contribution in [0.4, 0.5) is 0 Å². The normalized spacial score (nSPS) is 15.0. The summed E-state index contributed by atoms with van der Waals surface area (Å²) in [7, 11) is 1.45. The van der Waals surface area contributed by atoms with Crippen molar-refractivity contribution < 1.29 is 48.1 Å². The number of ketones is 3. The van der Waals surface area contributed by atoms with E-state index in [0.29, 0.717) is 6.42 Å². The molecule has 0 saturated carbocycles. The second-order valence-corrected chi connectivity index (χ2v) is 19.3. The fourth-order valence-corrected chi connectivity index (χ4v) is 7.07. The molecule has 0 rings (SSSR count). The molecular weight excluding hydrogens is 767 g/mol. The van der Waals surface area contributed by atoms with Gasteiger partial charge in [-0.25, -0.2) is 4.79 Å². The van der Waals surface area contributed by atoms with E-state index >= 15 is 0 Å². The highest BCUT2D eigenvalue weighted by molar-refractivity contribution is 5.95. The van der Waals surface area contributed by atoms with E-state index in [9.17, 15) is 38.7 Å². The molecule has 0 aliphatic rings. The van der Waals surface area contributed by atoms with E-state index < -0.39 is 82.5 Å². The van der Waals surface area contributed by atoms with Crippen LogP contribution in [0.1, 0.15) is 192 Å². The lowest BCUT2D eigenvalue weighted by Gasteiger charge is -2.36. The SMILES string of the molecule is CCCCCCCCCCCCCC(=O)C[C@H](COC(C)(C)C)C(=O)N[C@H](C)C(=O)CCC(=O)N(C)[C@H](C(=O)C[C@@H](C)C(=O)N[C@@H](CC(C)C)C(=O)O)C(C)OC(C)(C)C. The first kappa shape index (κ1) is 56.8. The molecule has 13 heteroatoms. The number of aliphatic carboxylic acids is 1. The van der Waals surface area contributed by atoms with E-state index in [1.165, 1.54) is 77.2 Å². The predicted molar refractivity (Wildman–Crippen MR) is 236 cm³/mol. The third kappa shape index (κ3) is 26.2. The number of nitrogens with zero attached hydrogens (tertiary/aromatic N) is 1. The highest BCUT2D eigenvalue weighted by Crippen LogP contribution is 2.22. The minimum atomic E-state index is -1.16. The van der Waals surface area contributed by atoms with Crippen LogP contribution >= 0.6 is 0 Å². The lowest BCUT2D eigenvalue weighted by molar-refractivity contribution is -0.150. The number of amides is 3. The van der Waals surface area contributed by atoms with Crippen molar-refractivity contribution in [3.05, 3.63) is 0 Å². The Hall–Kier alpha value is -3.19. The largest absolute Gasteiger partial charge is 0.480 e. The monoisotopic (exact) mass is 852 g/mol. The number of rotatable bonds is 33. The maximum absolute atomic E-state index is 13.8. The molecule has 0 heterocycles. The van der Waals surface area contributed by atoms with E-state index in [0.717, 1.165) is 19.3 Å². The average molecular weight is 852 g/mol. The predicted octanol–water partition coefficient (Wildman–Crippen LogP) is 8.17. The number of carboxylic acids is 1. The summed E-state index contributed by atoms with van der Waals surface area (Å²) in [5.74, 6) is -5.23. The Balaban J connectivity index is 5.47. The molecule has 0 aliphatic carbocycles. The van der Waals surface area contributed by atoms with Crippen LogP contribution in [-0.4, -0.2) is 100 Å². The fourth-order valence-electron chi connectivity index (χ4n) is 7.07. The smallest absolute Gasteiger partial charge is 0.326 e. The molecule has 0 aliphatic heterocycles. The Morgan fingerprint density at radius 1 is 0.650 bits per heavy atom. The zero-order valence-corrected chi connectivity index (χ0v) is 39.8. The summed E-state index contributed by atoms with van der Waals surface area (Å²) in [6, 6.07) is -3.15. The van der Waals surface area contributed by atoms with E-state index in [1.54, 1.807) is 6.92 Å². The molecule has 0 aromatic heterocycles. The van der Waals surface area contributed by atoms with Gasteiger partial charge in [-0.2, -0.15) is 0 Å². The lowest BCUT2D eigenvalue weighted by Crippen LogP contribution is -2.52. The van der Waals surface area contributed by atoms with E-state index in [1.807, 2.05) is 55.4 Å². The van der Waals surface area contributed by atoms with Gasteiger partial charge < -0.3 is 30.1 Å². The van der Waals surface area contributed by atoms with Crippen LogP contribution in [0, 0.1) is 17.8 Å². The molecule has 0 radical (unpaired) electrons. The maximum atomic E-state index is 13.8. The number of carbonyl (C=O) groups excluding carboxylic acids is 6. The third-order valence-electron chi connectivity index (χ3n) is 10.4. The number of carboxylic acid groups (broad SMARTS) is 1. The van der Waals surface area contributed by atoms with E-state index in [4.69, 9.17) is 9.47 Å². The second kappa shape index (κ2) is 29.2. The van der Waals surface area contributed by atoms with Gasteiger partial charge in [-0.15, -0.1) is 0 Å². The Bertz CT molecular complexity index is 1340. The van der Waals surface area contributed by atoms with Crippen LogP contribution in [0.2, 0.25) is 0 Å². The standard InChI is InChI=1S/C47H85N3O10/c1-14-15-16-17-18-19-20-21-22-23-24-25-37(51)30-36(31-59-46(7,8)9)44(56)48-34(5)39(52)26-27-41(54)50(13)42(35(6)60-47(10,11)12)40(53)29-33(4)43(55)49-38(45(57)58)28-32(2)3/h32-36,38,42H,14-31H2,1-13H3,(H,48,56)(H,49,55)(H,57,58)/t33-,34-,35?,36-,38+,42+/m1/s1. The van der Waals surface area contributed by atoms with Crippen molar-refractivity contribution in [2.24, 2.45) is 17.8 Å². The first-order chi connectivity index (χ1) is 27.8. The molecule has 0 spiro atoms. The van der Waals surface area contributed by atoms with Gasteiger partial charge in [-0.1, -0.05) is 91.9 Å². The molecule has 0 fully saturated rings. The minimum Gasteiger partial charge on any atom is -0.480 e. The van der Waals surface area contributed by atoms with Crippen LogP contribution in [-0.2, 0) is 43.0 Å². The van der Waals surface area contributed by atoms with Gasteiger partial charge in [-0.05, 0) is 74.1 Å². The second-order valence-electron chi connectivity index (χ2n) is 19.3. The summed E-state index contributed by atoms with van der Waals surface area (Å²) in [6.07, 6.45) is 12.1. The molecule has 3 amide bonds. The van der Waals surface area contributed by atoms with Gasteiger partial charge in [0, 0.05) is 45.1 Å². The molecule has 1 unspecified atom stereocenters. The van der Waals surface area contributed by atoms with Crippen molar-refractivity contribution in [2.75, 3.05) is 13.7 Å². The van der Waals surface area contributed by atoms with Crippen LogP contribution in [0.5, 0.6) is 0 Å². The summed E-state index contributed by atoms with van der Waals surface area (Å²) < 4.78 is 12.0. The quantitative estimate of drug-likeness (QED) is 0.0544. The fraction of sp³-hybridized carbons (Fsp3) is 0.851. The molecule has 0 bridgehead atoms. The first-order valence-corrected chi connectivity index (χ1v) is 22.8. The molecule has 0 aromatic carbocycles. The summed E-state index contributed by atoms with van der Waals surface area (Å²) in [4.78, 5) is 93.0. The van der Waals surface area contributed by atoms with Crippen molar-refractivity contribution in [3.8, 4) is 0 Å². The molecular formula is C47H85N3O10. The molecule has 0 saturated heterocycles. The number of likely N-dealkylation sites (N-methyl/N-ethyl adjacent to an activating group) is 1. The van der Waals surface area contributed by atoms with Crippen molar-refractivity contribution >= 4 is 41.0 Å². The van der Waals surface area contributed by atoms with Gasteiger partial charge in [-0.3, -0.25) is 28.8 Å². The van der Waals surface area contributed by atoms with Crippen molar-refractivity contribution in [3.63, 3.8) is 0 Å². The number of ether oxygens (including phenoxy) is 2. The average Bonchev–Trinajstić information content (AvgIpc) is 3.12. The summed E-state index contributed by atoms with van der Waals surface area (Å²) >= 11 is 0. The molecule has 6 atom stereocenters. The Labute approximate surface area is 363 Å². The van der Waals surface area contributed by atoms with Crippen LogP contribution in [0.3, 0.4) is 0 Å². The third-order valence-corrected chi connectivity index (χ3v) is 10.4. The summed E-state index contributed by atoms with van der Waals surface area (Å²) in [6.45, 7) is 21.7. The van der Waals surface area contributed by atoms with Crippen LogP contribution < -0.4 is 10.6 Å². The molecule has 60 heavy (non-hydrogen) atoms. The van der Waals surface area contributed by atoms with Gasteiger partial charge in [0.1, 0.15) is 17.9 Å².